The molecule has 0 atom stereocenters. The molecule has 2 aromatic heterocycles. The summed E-state index contributed by atoms with van der Waals surface area (Å²) in [4.78, 5) is 32.5. The van der Waals surface area contributed by atoms with E-state index in [1.165, 1.54) is 24.4 Å². The monoisotopic (exact) mass is 382 g/mol. The molecule has 1 aliphatic rings. The third kappa shape index (κ3) is 4.00. The van der Waals surface area contributed by atoms with E-state index < -0.39 is 0 Å². The number of hydrogen-bond donors (Lipinski definition) is 1. The van der Waals surface area contributed by atoms with E-state index in [-0.39, 0.29) is 29.6 Å². The van der Waals surface area contributed by atoms with Crippen molar-refractivity contribution < 1.29 is 13.7 Å². The van der Waals surface area contributed by atoms with E-state index in [4.69, 9.17) is 4.52 Å². The van der Waals surface area contributed by atoms with Crippen LogP contribution in [0.15, 0.2) is 51.9 Å². The number of nitrogens with zero attached hydrogens (tertiary/aromatic N) is 3. The number of likely N-dealkylation sites (tertiary alicyclic amines) is 1. The van der Waals surface area contributed by atoms with Crippen molar-refractivity contribution >= 4 is 5.91 Å². The molecule has 1 aromatic carbocycles. The molecule has 0 aliphatic carbocycles. The molecule has 7 nitrogen and oxygen atoms in total. The van der Waals surface area contributed by atoms with E-state index in [2.05, 4.69) is 15.1 Å². The smallest absolute Gasteiger partial charge is 0.259 e. The van der Waals surface area contributed by atoms with E-state index in [0.717, 1.165) is 18.4 Å². The van der Waals surface area contributed by atoms with Gasteiger partial charge in [-0.3, -0.25) is 9.59 Å². The number of aromatic nitrogens is 3. The number of benzene rings is 1. The second-order valence-electron chi connectivity index (χ2n) is 6.86. The van der Waals surface area contributed by atoms with E-state index in [1.54, 1.807) is 18.2 Å². The normalized spacial score (nSPS) is 15.0. The summed E-state index contributed by atoms with van der Waals surface area (Å²) in [6.07, 6.45) is 3.30. The lowest BCUT2D eigenvalue weighted by molar-refractivity contribution is -0.131. The predicted molar refractivity (Wildman–Crippen MR) is 99.0 cm³/mol. The Bertz CT molecular complexity index is 1000. The van der Waals surface area contributed by atoms with Gasteiger partial charge in [0.05, 0.1) is 12.0 Å². The van der Waals surface area contributed by atoms with Gasteiger partial charge in [-0.1, -0.05) is 17.3 Å². The molecule has 1 aliphatic heterocycles. The quantitative estimate of drug-likeness (QED) is 0.749. The maximum Gasteiger partial charge on any atom is 0.259 e. The number of piperidine rings is 1. The average molecular weight is 382 g/mol. The Morgan fingerprint density at radius 1 is 1.18 bits per heavy atom. The summed E-state index contributed by atoms with van der Waals surface area (Å²) in [7, 11) is 0. The molecule has 1 amide bonds. The first-order chi connectivity index (χ1) is 13.6. The number of halogens is 1. The summed E-state index contributed by atoms with van der Waals surface area (Å²) in [6, 6.07) is 9.04. The maximum atomic E-state index is 13.0. The molecule has 0 spiro atoms. The minimum absolute atomic E-state index is 0.0344. The van der Waals surface area contributed by atoms with Crippen LogP contribution in [-0.2, 0) is 11.2 Å². The number of rotatable bonds is 4. The lowest BCUT2D eigenvalue weighted by atomic mass is 9.95. The van der Waals surface area contributed by atoms with Gasteiger partial charge in [-0.25, -0.2) is 4.39 Å². The van der Waals surface area contributed by atoms with Crippen molar-refractivity contribution in [1.29, 1.82) is 0 Å². The molecule has 1 fully saturated rings. The molecule has 0 radical (unpaired) electrons. The average Bonchev–Trinajstić information content (AvgIpc) is 3.20. The van der Waals surface area contributed by atoms with Crippen LogP contribution in [-0.4, -0.2) is 39.0 Å². The lowest BCUT2D eigenvalue weighted by Crippen LogP contribution is -2.39. The number of pyridine rings is 1. The van der Waals surface area contributed by atoms with E-state index >= 15 is 0 Å². The fourth-order valence-corrected chi connectivity index (χ4v) is 3.34. The highest BCUT2D eigenvalue weighted by Crippen LogP contribution is 2.28. The Balaban J connectivity index is 1.35. The predicted octanol–water partition coefficient (Wildman–Crippen LogP) is 2.51. The number of nitrogens with one attached hydrogen (secondary N) is 1. The van der Waals surface area contributed by atoms with Crippen LogP contribution in [0.4, 0.5) is 4.39 Å². The molecule has 0 saturated carbocycles. The zero-order valence-electron chi connectivity index (χ0n) is 15.1. The molecular formula is C20H19FN4O3. The Labute approximate surface area is 160 Å². The molecule has 3 heterocycles. The maximum absolute atomic E-state index is 13.0. The van der Waals surface area contributed by atoms with Crippen molar-refractivity contribution in [3.05, 3.63) is 70.2 Å². The largest absolute Gasteiger partial charge is 0.342 e. The minimum atomic E-state index is -0.307. The topological polar surface area (TPSA) is 92.1 Å². The number of carbonyl (C=O) groups is 1. The van der Waals surface area contributed by atoms with Crippen molar-refractivity contribution in [1.82, 2.24) is 20.0 Å². The number of carbonyl (C=O) groups excluding carboxylic acids is 1. The molecule has 8 heteroatoms. The van der Waals surface area contributed by atoms with Crippen LogP contribution < -0.4 is 5.56 Å². The van der Waals surface area contributed by atoms with Gasteiger partial charge >= 0.3 is 0 Å². The zero-order chi connectivity index (χ0) is 19.5. The number of amides is 1. The first kappa shape index (κ1) is 18.1. The molecule has 1 saturated heterocycles. The van der Waals surface area contributed by atoms with Crippen LogP contribution >= 0.6 is 0 Å². The summed E-state index contributed by atoms with van der Waals surface area (Å²) in [5.74, 6) is 0.827. The molecule has 0 unspecified atom stereocenters. The molecule has 144 valence electrons. The van der Waals surface area contributed by atoms with Gasteiger partial charge < -0.3 is 14.4 Å². The Morgan fingerprint density at radius 3 is 2.61 bits per heavy atom. The van der Waals surface area contributed by atoms with E-state index in [0.29, 0.717) is 30.4 Å². The second-order valence-corrected chi connectivity index (χ2v) is 6.86. The SMILES string of the molecule is O=C(Cc1ccc(F)cc1)N1CCC(c2noc(-c3ccc(=O)[nH]c3)n2)CC1. The van der Waals surface area contributed by atoms with Gasteiger partial charge in [-0.15, -0.1) is 0 Å². The van der Waals surface area contributed by atoms with Gasteiger partial charge in [0.1, 0.15) is 5.82 Å². The van der Waals surface area contributed by atoms with Crippen molar-refractivity contribution in [2.45, 2.75) is 25.2 Å². The van der Waals surface area contributed by atoms with Gasteiger partial charge in [-0.2, -0.15) is 4.98 Å². The van der Waals surface area contributed by atoms with Crippen molar-refractivity contribution in [3.8, 4) is 11.5 Å². The van der Waals surface area contributed by atoms with E-state index in [1.807, 2.05) is 4.90 Å². The molecule has 4 rings (SSSR count). The Kier molecular flexibility index (Phi) is 5.01. The molecule has 28 heavy (non-hydrogen) atoms. The lowest BCUT2D eigenvalue weighted by Gasteiger charge is -2.30. The Hall–Kier alpha value is -3.29. The number of H-pyrrole nitrogens is 1. The van der Waals surface area contributed by atoms with E-state index in [9.17, 15) is 14.0 Å². The van der Waals surface area contributed by atoms with Gasteiger partial charge in [-0.05, 0) is 36.6 Å². The Morgan fingerprint density at radius 2 is 1.93 bits per heavy atom. The summed E-state index contributed by atoms with van der Waals surface area (Å²) in [5.41, 5.74) is 1.27. The van der Waals surface area contributed by atoms with Gasteiger partial charge in [0.2, 0.25) is 11.5 Å². The highest BCUT2D eigenvalue weighted by atomic mass is 19.1. The number of aromatic amines is 1. The van der Waals surface area contributed by atoms with Gasteiger partial charge in [0.25, 0.3) is 5.89 Å². The molecule has 0 bridgehead atoms. The summed E-state index contributed by atoms with van der Waals surface area (Å²) >= 11 is 0. The fraction of sp³-hybridized carbons (Fsp3) is 0.300. The summed E-state index contributed by atoms with van der Waals surface area (Å²) < 4.78 is 18.3. The van der Waals surface area contributed by atoms with Crippen molar-refractivity contribution in [3.63, 3.8) is 0 Å². The fourth-order valence-electron chi connectivity index (χ4n) is 3.34. The zero-order valence-corrected chi connectivity index (χ0v) is 15.1. The van der Waals surface area contributed by atoms with Crippen LogP contribution in [0.2, 0.25) is 0 Å². The first-order valence-electron chi connectivity index (χ1n) is 9.13. The molecular weight excluding hydrogens is 363 g/mol. The van der Waals surface area contributed by atoms with Crippen LogP contribution in [0.25, 0.3) is 11.5 Å². The highest BCUT2D eigenvalue weighted by molar-refractivity contribution is 5.78. The summed E-state index contributed by atoms with van der Waals surface area (Å²) in [6.45, 7) is 1.24. The van der Waals surface area contributed by atoms with Crippen molar-refractivity contribution in [2.75, 3.05) is 13.1 Å². The second kappa shape index (κ2) is 7.75. The van der Waals surface area contributed by atoms with Crippen LogP contribution in [0.1, 0.15) is 30.1 Å². The van der Waals surface area contributed by atoms with Crippen LogP contribution in [0.3, 0.4) is 0 Å². The third-order valence-electron chi connectivity index (χ3n) is 4.95. The summed E-state index contributed by atoms with van der Waals surface area (Å²) in [5, 5.41) is 4.07. The van der Waals surface area contributed by atoms with Gasteiger partial charge in [0, 0.05) is 31.3 Å². The van der Waals surface area contributed by atoms with Crippen LogP contribution in [0, 0.1) is 5.82 Å². The number of hydrogen-bond acceptors (Lipinski definition) is 5. The highest BCUT2D eigenvalue weighted by Gasteiger charge is 2.27. The van der Waals surface area contributed by atoms with Crippen molar-refractivity contribution in [2.24, 2.45) is 0 Å². The van der Waals surface area contributed by atoms with Crippen LogP contribution in [0.5, 0.6) is 0 Å². The standard InChI is InChI=1S/C20H19FN4O3/c21-16-4-1-13(2-5-16)11-18(27)25-9-7-14(8-10-25)19-23-20(28-24-19)15-3-6-17(26)22-12-15/h1-6,12,14H,7-11H2,(H,22,26). The molecule has 3 aromatic rings. The minimum Gasteiger partial charge on any atom is -0.342 e. The first-order valence-corrected chi connectivity index (χ1v) is 9.13. The molecule has 1 N–H and O–H groups in total. The third-order valence-corrected chi connectivity index (χ3v) is 4.95. The van der Waals surface area contributed by atoms with Gasteiger partial charge in [0.15, 0.2) is 5.82 Å².